The molecule has 0 aromatic rings. The van der Waals surface area contributed by atoms with Crippen molar-refractivity contribution in [3.8, 4) is 0 Å². The normalized spacial score (nSPS) is 18.9. The summed E-state index contributed by atoms with van der Waals surface area (Å²) in [4.78, 5) is 62.6. The summed E-state index contributed by atoms with van der Waals surface area (Å²) in [5.74, 6) is -2.90. The predicted octanol–water partition coefficient (Wildman–Crippen LogP) is 13.8. The Hall–Kier alpha value is -2.73. The Labute approximate surface area is 421 Å². The van der Waals surface area contributed by atoms with Crippen molar-refractivity contribution < 1.29 is 52.8 Å². The minimum Gasteiger partial charge on any atom is -0.463 e. The molecular formula is C57H105NO11. The van der Waals surface area contributed by atoms with E-state index >= 15 is 0 Å². The zero-order valence-electron chi connectivity index (χ0n) is 45.1. The minimum absolute atomic E-state index is 0.0103. The molecule has 1 amide bonds. The topological polar surface area (TPSA) is 164 Å². The van der Waals surface area contributed by atoms with Gasteiger partial charge in [0.25, 0.3) is 0 Å². The molecule has 1 rings (SSSR count). The Kier molecular flexibility index (Phi) is 41.0. The van der Waals surface area contributed by atoms with Crippen LogP contribution >= 0.6 is 0 Å². The summed E-state index contributed by atoms with van der Waals surface area (Å²) in [5, 5.41) is 14.8. The van der Waals surface area contributed by atoms with Crippen molar-refractivity contribution in [2.75, 3.05) is 6.61 Å². The van der Waals surface area contributed by atoms with Gasteiger partial charge in [-0.05, 0) is 12.8 Å². The molecule has 0 spiro atoms. The second-order valence-electron chi connectivity index (χ2n) is 20.4. The van der Waals surface area contributed by atoms with E-state index in [0.29, 0.717) is 12.8 Å². The maximum Gasteiger partial charge on any atom is 0.303 e. The van der Waals surface area contributed by atoms with Crippen LogP contribution in [0.3, 0.4) is 0 Å². The van der Waals surface area contributed by atoms with E-state index in [0.717, 1.165) is 51.4 Å². The third kappa shape index (κ3) is 35.9. The molecule has 1 heterocycles. The molecule has 0 aromatic carbocycles. The first-order valence-electron chi connectivity index (χ1n) is 28.7. The summed E-state index contributed by atoms with van der Waals surface area (Å²) in [6, 6.07) is -0.796. The van der Waals surface area contributed by atoms with Crippen LogP contribution in [-0.4, -0.2) is 84.2 Å². The molecule has 1 aliphatic heterocycles. The molecule has 1 aliphatic rings. The van der Waals surface area contributed by atoms with E-state index < -0.39 is 66.5 Å². The zero-order chi connectivity index (χ0) is 50.7. The van der Waals surface area contributed by atoms with Crippen LogP contribution in [-0.2, 0) is 47.7 Å². The van der Waals surface area contributed by atoms with Crippen molar-refractivity contribution in [1.29, 1.82) is 0 Å². The van der Waals surface area contributed by atoms with Gasteiger partial charge in [-0.3, -0.25) is 24.0 Å². The first-order valence-corrected chi connectivity index (χ1v) is 28.7. The second-order valence-corrected chi connectivity index (χ2v) is 20.4. The number of unbranched alkanes of at least 4 members (excludes halogenated alkanes) is 33. The van der Waals surface area contributed by atoms with Gasteiger partial charge < -0.3 is 34.1 Å². The highest BCUT2D eigenvalue weighted by atomic mass is 16.7. The standard InChI is InChI=1S/C57H105NO11/c1-7-9-11-13-15-17-19-21-22-23-24-25-26-27-28-29-30-31-33-35-37-39-41-43-54(64)58-50(51(63)42-40-38-36-34-32-20-18-16-14-12-10-8-2)44-52-55(66-47(4)60)57(68-49(6)62)56(67-48(5)61)53(69-52)45-65-46(3)59/h50-53,55-57,63H,7-45H2,1-6H3,(H,58,64)/t50-,51-,52?,53-,55+,56+,57-/m1/s1. The molecule has 0 aliphatic carbocycles. The van der Waals surface area contributed by atoms with Crippen molar-refractivity contribution in [1.82, 2.24) is 5.32 Å². The number of carbonyl (C=O) groups excluding carboxylic acids is 5. The molecule has 1 unspecified atom stereocenters. The molecular weight excluding hydrogens is 875 g/mol. The molecule has 0 radical (unpaired) electrons. The first kappa shape index (κ1) is 64.3. The van der Waals surface area contributed by atoms with Crippen molar-refractivity contribution >= 4 is 29.8 Å². The monoisotopic (exact) mass is 980 g/mol. The third-order valence-electron chi connectivity index (χ3n) is 13.7. The van der Waals surface area contributed by atoms with Crippen LogP contribution in [0.4, 0.5) is 0 Å². The van der Waals surface area contributed by atoms with Crippen LogP contribution in [0, 0.1) is 0 Å². The fourth-order valence-corrected chi connectivity index (χ4v) is 9.82. The zero-order valence-corrected chi connectivity index (χ0v) is 45.1. The number of aliphatic hydroxyl groups excluding tert-OH is 1. The maximum atomic E-state index is 13.5. The van der Waals surface area contributed by atoms with E-state index in [-0.39, 0.29) is 18.9 Å². The van der Waals surface area contributed by atoms with E-state index in [2.05, 4.69) is 19.2 Å². The number of nitrogens with one attached hydrogen (secondary N) is 1. The highest BCUT2D eigenvalue weighted by Crippen LogP contribution is 2.32. The molecule has 1 fully saturated rings. The summed E-state index contributed by atoms with van der Waals surface area (Å²) >= 11 is 0. The number of hydrogen-bond donors (Lipinski definition) is 2. The Morgan fingerprint density at radius 1 is 0.435 bits per heavy atom. The van der Waals surface area contributed by atoms with E-state index in [1.165, 1.54) is 201 Å². The van der Waals surface area contributed by atoms with Crippen molar-refractivity contribution in [3.63, 3.8) is 0 Å². The Bertz CT molecular complexity index is 1300. The van der Waals surface area contributed by atoms with E-state index in [9.17, 15) is 29.1 Å². The summed E-state index contributed by atoms with van der Waals surface area (Å²) in [6.07, 6.45) is 37.9. The molecule has 2 N–H and O–H groups in total. The van der Waals surface area contributed by atoms with Crippen molar-refractivity contribution in [2.24, 2.45) is 0 Å². The lowest BCUT2D eigenvalue weighted by atomic mass is 9.88. The molecule has 69 heavy (non-hydrogen) atoms. The third-order valence-corrected chi connectivity index (χ3v) is 13.7. The SMILES string of the molecule is CCCCCCCCCCCCCCCCCCCCCCCCCC(=O)N[C@H](CC1O[C@H](COC(C)=O)[C@H](OC(C)=O)[C@H](OC(C)=O)[C@H]1OC(C)=O)[C@H](O)CCCCCCCCCCCCCC. The van der Waals surface area contributed by atoms with Crippen LogP contribution in [0.1, 0.15) is 286 Å². The molecule has 0 saturated carbocycles. The highest BCUT2D eigenvalue weighted by molar-refractivity contribution is 5.76. The van der Waals surface area contributed by atoms with Crippen molar-refractivity contribution in [3.05, 3.63) is 0 Å². The first-order chi connectivity index (χ1) is 33.4. The van der Waals surface area contributed by atoms with Gasteiger partial charge in [-0.15, -0.1) is 0 Å². The summed E-state index contributed by atoms with van der Waals surface area (Å²) in [5.41, 5.74) is 0. The van der Waals surface area contributed by atoms with Crippen LogP contribution in [0.25, 0.3) is 0 Å². The van der Waals surface area contributed by atoms with E-state index in [1.54, 1.807) is 0 Å². The maximum absolute atomic E-state index is 13.5. The predicted molar refractivity (Wildman–Crippen MR) is 277 cm³/mol. The lowest BCUT2D eigenvalue weighted by molar-refractivity contribution is -0.254. The summed E-state index contributed by atoms with van der Waals surface area (Å²) < 4.78 is 28.6. The number of amides is 1. The number of rotatable bonds is 46. The van der Waals surface area contributed by atoms with Gasteiger partial charge in [-0.25, -0.2) is 0 Å². The van der Waals surface area contributed by atoms with Crippen LogP contribution in [0.5, 0.6) is 0 Å². The number of aliphatic hydroxyl groups is 1. The fraction of sp³-hybridized carbons (Fsp3) is 0.912. The van der Waals surface area contributed by atoms with Gasteiger partial charge in [0.15, 0.2) is 18.3 Å². The lowest BCUT2D eigenvalue weighted by Gasteiger charge is -2.45. The van der Waals surface area contributed by atoms with Crippen molar-refractivity contribution in [2.45, 2.75) is 328 Å². The summed E-state index contributed by atoms with van der Waals surface area (Å²) in [7, 11) is 0. The van der Waals surface area contributed by atoms with Gasteiger partial charge in [-0.2, -0.15) is 0 Å². The average Bonchev–Trinajstić information content (AvgIpc) is 3.30. The number of carbonyl (C=O) groups is 5. The smallest absolute Gasteiger partial charge is 0.303 e. The Balaban J connectivity index is 2.68. The second kappa shape index (κ2) is 44.0. The fourth-order valence-electron chi connectivity index (χ4n) is 9.82. The minimum atomic E-state index is -1.31. The van der Waals surface area contributed by atoms with Gasteiger partial charge in [-0.1, -0.05) is 232 Å². The molecule has 12 nitrogen and oxygen atoms in total. The lowest BCUT2D eigenvalue weighted by Crippen LogP contribution is -2.63. The summed E-state index contributed by atoms with van der Waals surface area (Å²) in [6.45, 7) is 8.98. The number of hydrogen-bond acceptors (Lipinski definition) is 11. The molecule has 1 saturated heterocycles. The number of esters is 4. The van der Waals surface area contributed by atoms with Gasteiger partial charge >= 0.3 is 23.9 Å². The molecule has 12 heteroatoms. The number of ether oxygens (including phenoxy) is 5. The highest BCUT2D eigenvalue weighted by Gasteiger charge is 2.52. The van der Waals surface area contributed by atoms with Crippen LogP contribution in [0.15, 0.2) is 0 Å². The molecule has 7 atom stereocenters. The van der Waals surface area contributed by atoms with Crippen LogP contribution < -0.4 is 5.32 Å². The molecule has 0 aromatic heterocycles. The Morgan fingerprint density at radius 3 is 1.10 bits per heavy atom. The molecule has 404 valence electrons. The molecule has 0 bridgehead atoms. The Morgan fingerprint density at radius 2 is 0.754 bits per heavy atom. The van der Waals surface area contributed by atoms with E-state index in [4.69, 9.17) is 23.7 Å². The van der Waals surface area contributed by atoms with Gasteiger partial charge in [0.2, 0.25) is 5.91 Å². The van der Waals surface area contributed by atoms with E-state index in [1.807, 2.05) is 0 Å². The van der Waals surface area contributed by atoms with Crippen LogP contribution in [0.2, 0.25) is 0 Å². The quantitative estimate of drug-likeness (QED) is 0.0339. The van der Waals surface area contributed by atoms with Gasteiger partial charge in [0.1, 0.15) is 18.8 Å². The van der Waals surface area contributed by atoms with Gasteiger partial charge in [0.05, 0.1) is 12.1 Å². The average molecular weight is 980 g/mol. The largest absolute Gasteiger partial charge is 0.463 e. The van der Waals surface area contributed by atoms with Gasteiger partial charge in [0, 0.05) is 40.5 Å².